The summed E-state index contributed by atoms with van der Waals surface area (Å²) in [4.78, 5) is 11.5. The molecule has 1 aliphatic heterocycles. The van der Waals surface area contributed by atoms with Crippen LogP contribution in [0.25, 0.3) is 0 Å². The summed E-state index contributed by atoms with van der Waals surface area (Å²) in [6, 6.07) is 8.15. The molecule has 0 spiro atoms. The van der Waals surface area contributed by atoms with Crippen molar-refractivity contribution in [3.63, 3.8) is 0 Å². The van der Waals surface area contributed by atoms with Crippen molar-refractivity contribution < 1.29 is 9.47 Å². The van der Waals surface area contributed by atoms with Gasteiger partial charge in [0.2, 0.25) is 5.95 Å². The maximum absolute atomic E-state index is 5.41. The maximum atomic E-state index is 5.41. The van der Waals surface area contributed by atoms with E-state index in [0.29, 0.717) is 12.0 Å². The van der Waals surface area contributed by atoms with Crippen molar-refractivity contribution in [1.29, 1.82) is 0 Å². The van der Waals surface area contributed by atoms with Gasteiger partial charge < -0.3 is 19.7 Å². The van der Waals surface area contributed by atoms with Crippen LogP contribution in [-0.4, -0.2) is 36.8 Å². The summed E-state index contributed by atoms with van der Waals surface area (Å²) in [6.45, 7) is 3.29. The minimum absolute atomic E-state index is 0.558. The molecule has 2 aromatic rings. The Morgan fingerprint density at radius 1 is 1.20 bits per heavy atom. The Balaban J connectivity index is 1.85. The highest BCUT2D eigenvalue weighted by Gasteiger charge is 2.22. The van der Waals surface area contributed by atoms with E-state index >= 15 is 0 Å². The molecule has 6 nitrogen and oxygen atoms in total. The van der Waals surface area contributed by atoms with Crippen LogP contribution in [0, 0.1) is 0 Å². The number of nitrogens with zero attached hydrogens (tertiary/aromatic N) is 3. The Kier molecular flexibility index (Phi) is 5.58. The number of benzene rings is 1. The maximum Gasteiger partial charge on any atom is 0.229 e. The summed E-state index contributed by atoms with van der Waals surface area (Å²) >= 11 is 0. The Morgan fingerprint density at radius 3 is 2.84 bits per heavy atom. The molecule has 1 unspecified atom stereocenters. The summed E-state index contributed by atoms with van der Waals surface area (Å²) in [6.07, 6.45) is 6.68. The average molecular weight is 342 g/mol. The first-order chi connectivity index (χ1) is 12.2. The third kappa shape index (κ3) is 3.95. The van der Waals surface area contributed by atoms with Crippen molar-refractivity contribution in [3.05, 3.63) is 30.5 Å². The molecule has 1 saturated heterocycles. The SMILES string of the molecule is CCC1CCCCN1c1ccnc(Nc2cc(OC)ccc2OC)n1. The Bertz CT molecular complexity index is 708. The lowest BCUT2D eigenvalue weighted by Gasteiger charge is -2.36. The van der Waals surface area contributed by atoms with Gasteiger partial charge in [-0.3, -0.25) is 0 Å². The van der Waals surface area contributed by atoms with Crippen molar-refractivity contribution in [2.45, 2.75) is 38.6 Å². The molecular formula is C19H26N4O2. The van der Waals surface area contributed by atoms with Gasteiger partial charge in [0, 0.05) is 24.8 Å². The number of rotatable bonds is 6. The molecule has 3 rings (SSSR count). The summed E-state index contributed by atoms with van der Waals surface area (Å²) in [5, 5.41) is 3.26. The third-order valence-corrected chi connectivity index (χ3v) is 4.69. The molecule has 0 bridgehead atoms. The fourth-order valence-electron chi connectivity index (χ4n) is 3.33. The van der Waals surface area contributed by atoms with Crippen molar-refractivity contribution >= 4 is 17.5 Å². The first-order valence-electron chi connectivity index (χ1n) is 8.84. The summed E-state index contributed by atoms with van der Waals surface area (Å²) < 4.78 is 10.7. The van der Waals surface area contributed by atoms with E-state index in [9.17, 15) is 0 Å². The van der Waals surface area contributed by atoms with Crippen LogP contribution in [-0.2, 0) is 0 Å². The van der Waals surface area contributed by atoms with Gasteiger partial charge in [0.25, 0.3) is 0 Å². The van der Waals surface area contributed by atoms with Crippen LogP contribution in [0.5, 0.6) is 11.5 Å². The number of aromatic nitrogens is 2. The third-order valence-electron chi connectivity index (χ3n) is 4.69. The van der Waals surface area contributed by atoms with E-state index in [1.165, 1.54) is 19.3 Å². The predicted molar refractivity (Wildman–Crippen MR) is 100 cm³/mol. The Hall–Kier alpha value is -2.50. The van der Waals surface area contributed by atoms with Gasteiger partial charge in [-0.15, -0.1) is 0 Å². The molecule has 0 saturated carbocycles. The van der Waals surface area contributed by atoms with Gasteiger partial charge >= 0.3 is 0 Å². The summed E-state index contributed by atoms with van der Waals surface area (Å²) in [7, 11) is 3.29. The minimum Gasteiger partial charge on any atom is -0.497 e. The lowest BCUT2D eigenvalue weighted by Crippen LogP contribution is -2.39. The number of anilines is 3. The molecule has 6 heteroatoms. The number of hydrogen-bond donors (Lipinski definition) is 1. The van der Waals surface area contributed by atoms with E-state index in [1.807, 2.05) is 24.3 Å². The fraction of sp³-hybridized carbons (Fsp3) is 0.474. The van der Waals surface area contributed by atoms with Gasteiger partial charge in [-0.1, -0.05) is 6.92 Å². The van der Waals surface area contributed by atoms with Crippen LogP contribution < -0.4 is 19.7 Å². The molecule has 1 aromatic carbocycles. The molecule has 1 atom stereocenters. The molecule has 1 fully saturated rings. The standard InChI is InChI=1S/C19H26N4O2/c1-4-14-7-5-6-12-23(14)18-10-11-20-19(22-18)21-16-13-15(24-2)8-9-17(16)25-3/h8-11,13-14H,4-7,12H2,1-3H3,(H,20,21,22). The Labute approximate surface area is 149 Å². The quantitative estimate of drug-likeness (QED) is 0.856. The van der Waals surface area contributed by atoms with Gasteiger partial charge in [-0.25, -0.2) is 4.98 Å². The molecule has 134 valence electrons. The molecule has 0 amide bonds. The minimum atomic E-state index is 0.558. The Morgan fingerprint density at radius 2 is 2.08 bits per heavy atom. The van der Waals surface area contributed by atoms with E-state index in [0.717, 1.165) is 36.0 Å². The van der Waals surface area contributed by atoms with Gasteiger partial charge in [0.15, 0.2) is 0 Å². The van der Waals surface area contributed by atoms with Crippen molar-refractivity contribution in [2.24, 2.45) is 0 Å². The monoisotopic (exact) mass is 342 g/mol. The summed E-state index contributed by atoms with van der Waals surface area (Å²) in [5.74, 6) is 3.01. The van der Waals surface area contributed by atoms with Crippen LogP contribution in [0.4, 0.5) is 17.5 Å². The summed E-state index contributed by atoms with van der Waals surface area (Å²) in [5.41, 5.74) is 0.782. The molecular weight excluding hydrogens is 316 g/mol. The fourth-order valence-corrected chi connectivity index (χ4v) is 3.33. The molecule has 25 heavy (non-hydrogen) atoms. The van der Waals surface area contributed by atoms with Crippen LogP contribution in [0.15, 0.2) is 30.5 Å². The lowest BCUT2D eigenvalue weighted by molar-refractivity contribution is 0.405. The average Bonchev–Trinajstić information content (AvgIpc) is 2.68. The molecule has 1 aliphatic rings. The molecule has 1 N–H and O–H groups in total. The number of piperidine rings is 1. The second kappa shape index (κ2) is 8.05. The highest BCUT2D eigenvalue weighted by molar-refractivity contribution is 5.65. The molecule has 1 aromatic heterocycles. The second-order valence-corrected chi connectivity index (χ2v) is 6.18. The predicted octanol–water partition coefficient (Wildman–Crippen LogP) is 4.01. The van der Waals surface area contributed by atoms with E-state index in [1.54, 1.807) is 20.4 Å². The van der Waals surface area contributed by atoms with Crippen molar-refractivity contribution in [2.75, 3.05) is 31.0 Å². The second-order valence-electron chi connectivity index (χ2n) is 6.18. The van der Waals surface area contributed by atoms with Gasteiger partial charge in [0.1, 0.15) is 17.3 Å². The van der Waals surface area contributed by atoms with Gasteiger partial charge in [-0.05, 0) is 43.9 Å². The first-order valence-corrected chi connectivity index (χ1v) is 8.84. The lowest BCUT2D eigenvalue weighted by atomic mass is 10.0. The number of hydrogen-bond acceptors (Lipinski definition) is 6. The van der Waals surface area contributed by atoms with Crippen LogP contribution in [0.1, 0.15) is 32.6 Å². The first kappa shape index (κ1) is 17.3. The van der Waals surface area contributed by atoms with Crippen molar-refractivity contribution in [3.8, 4) is 11.5 Å². The van der Waals surface area contributed by atoms with E-state index in [2.05, 4.69) is 22.1 Å². The normalized spacial score (nSPS) is 17.2. The zero-order valence-electron chi connectivity index (χ0n) is 15.2. The van der Waals surface area contributed by atoms with Crippen molar-refractivity contribution in [1.82, 2.24) is 9.97 Å². The van der Waals surface area contributed by atoms with Crippen LogP contribution >= 0.6 is 0 Å². The number of ether oxygens (including phenoxy) is 2. The highest BCUT2D eigenvalue weighted by atomic mass is 16.5. The zero-order chi connectivity index (χ0) is 17.6. The van der Waals surface area contributed by atoms with E-state index in [4.69, 9.17) is 14.5 Å². The van der Waals surface area contributed by atoms with E-state index in [-0.39, 0.29) is 0 Å². The number of nitrogens with one attached hydrogen (secondary N) is 1. The number of methoxy groups -OCH3 is 2. The zero-order valence-corrected chi connectivity index (χ0v) is 15.2. The molecule has 0 radical (unpaired) electrons. The van der Waals surface area contributed by atoms with Gasteiger partial charge in [-0.2, -0.15) is 4.98 Å². The molecule has 2 heterocycles. The van der Waals surface area contributed by atoms with Crippen LogP contribution in [0.2, 0.25) is 0 Å². The van der Waals surface area contributed by atoms with Crippen LogP contribution in [0.3, 0.4) is 0 Å². The topological polar surface area (TPSA) is 59.5 Å². The van der Waals surface area contributed by atoms with Gasteiger partial charge in [0.05, 0.1) is 19.9 Å². The largest absolute Gasteiger partial charge is 0.497 e. The smallest absolute Gasteiger partial charge is 0.229 e. The highest BCUT2D eigenvalue weighted by Crippen LogP contribution is 2.31. The molecule has 0 aliphatic carbocycles. The van der Waals surface area contributed by atoms with E-state index < -0.39 is 0 Å².